The van der Waals surface area contributed by atoms with Gasteiger partial charge in [-0.15, -0.1) is 0 Å². The van der Waals surface area contributed by atoms with Crippen LogP contribution in [0.4, 0.5) is 0 Å². The molecule has 0 bridgehead atoms. The highest BCUT2D eigenvalue weighted by Gasteiger charge is 2.10. The summed E-state index contributed by atoms with van der Waals surface area (Å²) in [4.78, 5) is 12.1. The summed E-state index contributed by atoms with van der Waals surface area (Å²) in [6, 6.07) is 16.3. The Kier molecular flexibility index (Phi) is 7.00. The van der Waals surface area contributed by atoms with E-state index in [-0.39, 0.29) is 18.6 Å². The Balaban J connectivity index is 1.91. The summed E-state index contributed by atoms with van der Waals surface area (Å²) in [5.74, 6) is 0.490. The molecule has 0 aliphatic heterocycles. The third-order valence-corrected chi connectivity index (χ3v) is 3.82. The minimum absolute atomic E-state index is 0.0121. The largest absolute Gasteiger partial charge is 0.489 e. The molecule has 0 saturated heterocycles. The zero-order chi connectivity index (χ0) is 18.1. The van der Waals surface area contributed by atoms with Crippen molar-refractivity contribution in [2.24, 2.45) is 0 Å². The Morgan fingerprint density at radius 1 is 1.24 bits per heavy atom. The number of hydrogen-bond donors (Lipinski definition) is 2. The van der Waals surface area contributed by atoms with Gasteiger partial charge in [0.1, 0.15) is 12.4 Å². The first-order chi connectivity index (χ1) is 12.1. The normalized spacial score (nSPS) is 11.4. The molecule has 0 fully saturated rings. The first kappa shape index (κ1) is 18.5. The van der Waals surface area contributed by atoms with E-state index >= 15 is 0 Å². The molecule has 0 heterocycles. The molecule has 5 nitrogen and oxygen atoms in total. The van der Waals surface area contributed by atoms with Crippen LogP contribution in [-0.4, -0.2) is 23.7 Å². The fourth-order valence-corrected chi connectivity index (χ4v) is 2.40. The number of ether oxygens (including phenoxy) is 1. The van der Waals surface area contributed by atoms with Crippen molar-refractivity contribution in [2.45, 2.75) is 32.4 Å². The Morgan fingerprint density at radius 2 is 1.96 bits per heavy atom. The molecule has 0 saturated carbocycles. The third kappa shape index (κ3) is 5.63. The van der Waals surface area contributed by atoms with Gasteiger partial charge < -0.3 is 15.2 Å². The van der Waals surface area contributed by atoms with Crippen molar-refractivity contribution in [1.29, 1.82) is 5.26 Å². The summed E-state index contributed by atoms with van der Waals surface area (Å²) in [5, 5.41) is 20.8. The summed E-state index contributed by atoms with van der Waals surface area (Å²) in [6.45, 7) is 2.34. The molecular weight excluding hydrogens is 316 g/mol. The molecule has 0 spiro atoms. The molecule has 5 heteroatoms. The molecule has 2 N–H and O–H groups in total. The molecule has 0 aliphatic carbocycles. The molecular formula is C20H22N2O3. The summed E-state index contributed by atoms with van der Waals surface area (Å²) in [5.41, 5.74) is 1.97. The SMILES string of the molecule is CC(CCCO)NC(=O)c1ccc(OCc2ccccc2C#N)cc1. The van der Waals surface area contributed by atoms with Crippen molar-refractivity contribution in [1.82, 2.24) is 5.32 Å². The molecule has 2 rings (SSSR count). The Labute approximate surface area is 147 Å². The number of aliphatic hydroxyl groups is 1. The lowest BCUT2D eigenvalue weighted by Gasteiger charge is -2.13. The highest BCUT2D eigenvalue weighted by atomic mass is 16.5. The summed E-state index contributed by atoms with van der Waals surface area (Å²) >= 11 is 0. The van der Waals surface area contributed by atoms with Gasteiger partial charge in [0, 0.05) is 23.8 Å². The van der Waals surface area contributed by atoms with Crippen molar-refractivity contribution >= 4 is 5.91 Å². The van der Waals surface area contributed by atoms with Gasteiger partial charge in [-0.3, -0.25) is 4.79 Å². The van der Waals surface area contributed by atoms with Crippen LogP contribution in [0.2, 0.25) is 0 Å². The predicted molar refractivity (Wildman–Crippen MR) is 95.2 cm³/mol. The lowest BCUT2D eigenvalue weighted by atomic mass is 10.1. The number of hydrogen-bond acceptors (Lipinski definition) is 4. The number of nitrogens with zero attached hydrogens (tertiary/aromatic N) is 1. The van der Waals surface area contributed by atoms with Crippen LogP contribution in [0.1, 0.15) is 41.3 Å². The zero-order valence-electron chi connectivity index (χ0n) is 14.2. The minimum Gasteiger partial charge on any atom is -0.489 e. The van der Waals surface area contributed by atoms with Crippen LogP contribution in [0.3, 0.4) is 0 Å². The van der Waals surface area contributed by atoms with E-state index in [1.54, 1.807) is 30.3 Å². The Hall–Kier alpha value is -2.84. The molecule has 0 aromatic heterocycles. The molecule has 25 heavy (non-hydrogen) atoms. The van der Waals surface area contributed by atoms with Crippen LogP contribution >= 0.6 is 0 Å². The van der Waals surface area contributed by atoms with E-state index < -0.39 is 0 Å². The molecule has 130 valence electrons. The van der Waals surface area contributed by atoms with E-state index in [0.717, 1.165) is 12.0 Å². The van der Waals surface area contributed by atoms with Crippen LogP contribution in [0.25, 0.3) is 0 Å². The topological polar surface area (TPSA) is 82.3 Å². The summed E-state index contributed by atoms with van der Waals surface area (Å²) in [6.07, 6.45) is 1.40. The van der Waals surface area contributed by atoms with Crippen molar-refractivity contribution in [3.05, 3.63) is 65.2 Å². The average Bonchev–Trinajstić information content (AvgIpc) is 2.65. The van der Waals surface area contributed by atoms with E-state index in [4.69, 9.17) is 15.1 Å². The molecule has 0 aliphatic rings. The van der Waals surface area contributed by atoms with Gasteiger partial charge in [-0.25, -0.2) is 0 Å². The lowest BCUT2D eigenvalue weighted by Crippen LogP contribution is -2.32. The third-order valence-electron chi connectivity index (χ3n) is 3.82. The quantitative estimate of drug-likeness (QED) is 0.775. The van der Waals surface area contributed by atoms with Gasteiger partial charge >= 0.3 is 0 Å². The van der Waals surface area contributed by atoms with Crippen LogP contribution in [0.15, 0.2) is 48.5 Å². The van der Waals surface area contributed by atoms with Gasteiger partial charge in [-0.1, -0.05) is 18.2 Å². The van der Waals surface area contributed by atoms with Gasteiger partial charge in [0.05, 0.1) is 11.6 Å². The number of carbonyl (C=O) groups excluding carboxylic acids is 1. The fourth-order valence-electron chi connectivity index (χ4n) is 2.40. The second-order valence-electron chi connectivity index (χ2n) is 5.82. The van der Waals surface area contributed by atoms with Crippen LogP contribution < -0.4 is 10.1 Å². The van der Waals surface area contributed by atoms with Gasteiger partial charge in [0.2, 0.25) is 0 Å². The van der Waals surface area contributed by atoms with E-state index in [1.165, 1.54) is 0 Å². The average molecular weight is 338 g/mol. The number of aliphatic hydroxyl groups excluding tert-OH is 1. The van der Waals surface area contributed by atoms with E-state index in [0.29, 0.717) is 29.9 Å². The molecule has 2 aromatic rings. The van der Waals surface area contributed by atoms with Gasteiger partial charge in [-0.05, 0) is 50.1 Å². The van der Waals surface area contributed by atoms with Crippen LogP contribution in [-0.2, 0) is 6.61 Å². The molecule has 0 radical (unpaired) electrons. The second-order valence-corrected chi connectivity index (χ2v) is 5.82. The molecule has 1 unspecified atom stereocenters. The maximum Gasteiger partial charge on any atom is 0.251 e. The van der Waals surface area contributed by atoms with Gasteiger partial charge in [-0.2, -0.15) is 5.26 Å². The lowest BCUT2D eigenvalue weighted by molar-refractivity contribution is 0.0936. The Bertz CT molecular complexity index is 735. The molecule has 2 aromatic carbocycles. The number of carbonyl (C=O) groups is 1. The number of benzene rings is 2. The summed E-state index contributed by atoms with van der Waals surface area (Å²) < 4.78 is 5.69. The van der Waals surface area contributed by atoms with Crippen molar-refractivity contribution < 1.29 is 14.6 Å². The summed E-state index contributed by atoms with van der Waals surface area (Å²) in [7, 11) is 0. The first-order valence-electron chi connectivity index (χ1n) is 8.26. The minimum atomic E-state index is -0.146. The number of amides is 1. The Morgan fingerprint density at radius 3 is 2.64 bits per heavy atom. The van der Waals surface area contributed by atoms with Gasteiger partial charge in [0.25, 0.3) is 5.91 Å². The maximum atomic E-state index is 12.1. The molecule has 1 atom stereocenters. The smallest absolute Gasteiger partial charge is 0.251 e. The first-order valence-corrected chi connectivity index (χ1v) is 8.26. The highest BCUT2D eigenvalue weighted by molar-refractivity contribution is 5.94. The van der Waals surface area contributed by atoms with E-state index in [9.17, 15) is 4.79 Å². The second kappa shape index (κ2) is 9.45. The van der Waals surface area contributed by atoms with E-state index in [1.807, 2.05) is 25.1 Å². The number of nitrogens with one attached hydrogen (secondary N) is 1. The van der Waals surface area contributed by atoms with Crippen molar-refractivity contribution in [3.63, 3.8) is 0 Å². The van der Waals surface area contributed by atoms with Gasteiger partial charge in [0.15, 0.2) is 0 Å². The van der Waals surface area contributed by atoms with Crippen molar-refractivity contribution in [3.8, 4) is 11.8 Å². The fraction of sp³-hybridized carbons (Fsp3) is 0.300. The maximum absolute atomic E-state index is 12.1. The highest BCUT2D eigenvalue weighted by Crippen LogP contribution is 2.16. The zero-order valence-corrected chi connectivity index (χ0v) is 14.2. The van der Waals surface area contributed by atoms with E-state index in [2.05, 4.69) is 11.4 Å². The standard InChI is InChI=1S/C20H22N2O3/c1-15(5-4-12-23)22-20(24)16-8-10-19(11-9-16)25-14-18-7-3-2-6-17(18)13-21/h2-3,6-11,15,23H,4-5,12,14H2,1H3,(H,22,24). The number of nitriles is 1. The van der Waals surface area contributed by atoms with Crippen molar-refractivity contribution in [2.75, 3.05) is 6.61 Å². The van der Waals surface area contributed by atoms with Crippen LogP contribution in [0.5, 0.6) is 5.75 Å². The van der Waals surface area contributed by atoms with Crippen LogP contribution in [0, 0.1) is 11.3 Å². The monoisotopic (exact) mass is 338 g/mol. The number of rotatable bonds is 8. The predicted octanol–water partition coefficient (Wildman–Crippen LogP) is 3.03. The molecule has 1 amide bonds.